The van der Waals surface area contributed by atoms with Crippen molar-refractivity contribution in [3.63, 3.8) is 0 Å². The third kappa shape index (κ3) is 8.47. The minimum atomic E-state index is -4.31. The van der Waals surface area contributed by atoms with Crippen LogP contribution in [-0.4, -0.2) is 81.3 Å². The zero-order chi connectivity index (χ0) is 43.5. The summed E-state index contributed by atoms with van der Waals surface area (Å²) in [6, 6.07) is 17.7. The topological polar surface area (TPSA) is 48.6 Å². The molecule has 6 heterocycles. The van der Waals surface area contributed by atoms with E-state index < -0.39 is 23.5 Å². The molecule has 0 spiro atoms. The van der Waals surface area contributed by atoms with E-state index in [1.807, 2.05) is 0 Å². The minimum Gasteiger partial charge on any atom is -0.369 e. The number of aromatic nitrogens is 4. The molecule has 2 aromatic heterocycles. The van der Waals surface area contributed by atoms with Gasteiger partial charge in [0.05, 0.1) is 46.3 Å². The molecule has 0 bridgehead atoms. The van der Waals surface area contributed by atoms with E-state index in [0.717, 1.165) is 159 Å². The van der Waals surface area contributed by atoms with Crippen molar-refractivity contribution in [2.24, 2.45) is 0 Å². The number of alkyl halides is 6. The van der Waals surface area contributed by atoms with Crippen LogP contribution >= 0.6 is 0 Å². The van der Waals surface area contributed by atoms with Crippen molar-refractivity contribution >= 4 is 33.4 Å². The van der Waals surface area contributed by atoms with Gasteiger partial charge in [0.15, 0.2) is 0 Å². The zero-order valence-electron chi connectivity index (χ0n) is 34.6. The van der Waals surface area contributed by atoms with Gasteiger partial charge >= 0.3 is 12.4 Å². The molecule has 4 aliphatic heterocycles. The van der Waals surface area contributed by atoms with Gasteiger partial charge in [-0.3, -0.25) is 9.80 Å². The molecule has 2 fully saturated rings. The Kier molecular flexibility index (Phi) is 11.2. The van der Waals surface area contributed by atoms with Gasteiger partial charge in [0.2, 0.25) is 0 Å². The number of piperazine rings is 2. The number of halogens is 8. The molecule has 2 atom stereocenters. The summed E-state index contributed by atoms with van der Waals surface area (Å²) in [5.41, 5.74) is 5.97. The molecule has 0 radical (unpaired) electrons. The van der Waals surface area contributed by atoms with Crippen LogP contribution in [0.4, 0.5) is 46.5 Å². The average Bonchev–Trinajstić information content (AvgIpc) is 3.79. The predicted octanol–water partition coefficient (Wildman–Crippen LogP) is 10.0. The van der Waals surface area contributed by atoms with E-state index in [2.05, 4.69) is 42.6 Å². The van der Waals surface area contributed by atoms with Gasteiger partial charge in [0.25, 0.3) is 0 Å². The van der Waals surface area contributed by atoms with E-state index in [4.69, 9.17) is 9.97 Å². The molecule has 10 rings (SSSR count). The van der Waals surface area contributed by atoms with Crippen molar-refractivity contribution in [2.45, 2.75) is 77.1 Å². The lowest BCUT2D eigenvalue weighted by molar-refractivity contribution is -0.138. The second kappa shape index (κ2) is 16.5. The lowest BCUT2D eigenvalue weighted by Gasteiger charge is -2.36. The summed E-state index contributed by atoms with van der Waals surface area (Å²) >= 11 is 0. The van der Waals surface area contributed by atoms with E-state index in [0.29, 0.717) is 25.2 Å². The number of imidazole rings is 2. The van der Waals surface area contributed by atoms with E-state index in [9.17, 15) is 35.1 Å². The van der Waals surface area contributed by atoms with Gasteiger partial charge in [0.1, 0.15) is 23.3 Å². The summed E-state index contributed by atoms with van der Waals surface area (Å²) in [5, 5.41) is 0. The Morgan fingerprint density at radius 1 is 0.516 bits per heavy atom. The third-order valence-electron chi connectivity index (χ3n) is 12.9. The Hall–Kier alpha value is -5.22. The first-order valence-electron chi connectivity index (χ1n) is 21.3. The van der Waals surface area contributed by atoms with Crippen LogP contribution in [0.1, 0.15) is 72.7 Å². The molecule has 0 aliphatic carbocycles. The highest BCUT2D eigenvalue weighted by molar-refractivity contribution is 5.81. The first-order chi connectivity index (χ1) is 29.6. The van der Waals surface area contributed by atoms with Crippen LogP contribution in [0.25, 0.3) is 22.1 Å². The average molecular weight is 865 g/mol. The molecule has 0 N–H and O–H groups in total. The van der Waals surface area contributed by atoms with E-state index in [1.54, 1.807) is 36.4 Å². The molecule has 0 amide bonds. The fraction of sp³-hybridized carbons (Fsp3) is 0.435. The third-order valence-corrected chi connectivity index (χ3v) is 12.9. The van der Waals surface area contributed by atoms with Crippen molar-refractivity contribution in [1.29, 1.82) is 0 Å². The molecule has 6 aromatic rings. The number of anilines is 2. The predicted molar refractivity (Wildman–Crippen MR) is 223 cm³/mol. The lowest BCUT2D eigenvalue weighted by Crippen LogP contribution is -2.46. The molecule has 4 aromatic carbocycles. The van der Waals surface area contributed by atoms with E-state index >= 15 is 0 Å². The number of benzene rings is 4. The molecule has 0 saturated carbocycles. The van der Waals surface area contributed by atoms with Crippen LogP contribution in [0.15, 0.2) is 72.8 Å². The summed E-state index contributed by atoms with van der Waals surface area (Å²) < 4.78 is 109. The monoisotopic (exact) mass is 864 g/mol. The largest absolute Gasteiger partial charge is 0.416 e. The summed E-state index contributed by atoms with van der Waals surface area (Å²) in [6.45, 7) is 11.8. The molecule has 8 nitrogen and oxygen atoms in total. The normalized spacial score (nSPS) is 19.9. The zero-order valence-corrected chi connectivity index (χ0v) is 34.6. The highest BCUT2D eigenvalue weighted by Crippen LogP contribution is 2.37. The van der Waals surface area contributed by atoms with Crippen molar-refractivity contribution in [2.75, 3.05) is 62.2 Å². The maximum Gasteiger partial charge on any atom is 0.416 e. The lowest BCUT2D eigenvalue weighted by atomic mass is 10.00. The quantitative estimate of drug-likeness (QED) is 0.156. The Morgan fingerprint density at radius 2 is 0.871 bits per heavy atom. The van der Waals surface area contributed by atoms with Crippen LogP contribution in [0.5, 0.6) is 0 Å². The summed E-state index contributed by atoms with van der Waals surface area (Å²) in [6.07, 6.45) is -4.96. The molecule has 328 valence electrons. The van der Waals surface area contributed by atoms with Crippen LogP contribution in [0.3, 0.4) is 0 Å². The number of hydrogen-bond donors (Lipinski definition) is 0. The number of hydrogen-bond acceptors (Lipinski definition) is 6. The van der Waals surface area contributed by atoms with Crippen molar-refractivity contribution in [3.05, 3.63) is 118 Å². The van der Waals surface area contributed by atoms with Gasteiger partial charge in [-0.15, -0.1) is 0 Å². The highest BCUT2D eigenvalue weighted by Gasteiger charge is 2.32. The second-order valence-corrected chi connectivity index (χ2v) is 17.1. The molecule has 62 heavy (non-hydrogen) atoms. The van der Waals surface area contributed by atoms with Crippen LogP contribution in [0, 0.1) is 11.6 Å². The summed E-state index contributed by atoms with van der Waals surface area (Å²) in [4.78, 5) is 18.4. The molecular formula is C46H48F8N8. The maximum absolute atomic E-state index is 14.0. The van der Waals surface area contributed by atoms with Gasteiger partial charge in [-0.1, -0.05) is 0 Å². The minimum absolute atomic E-state index is 0.238. The first kappa shape index (κ1) is 42.1. The molecule has 2 saturated heterocycles. The van der Waals surface area contributed by atoms with Crippen molar-refractivity contribution in [1.82, 2.24) is 28.9 Å². The molecular weight excluding hydrogens is 817 g/mol. The number of rotatable bonds is 6. The Bertz CT molecular complexity index is 2370. The van der Waals surface area contributed by atoms with Crippen molar-refractivity contribution in [3.8, 4) is 0 Å². The molecule has 4 aliphatic rings. The summed E-state index contributed by atoms with van der Waals surface area (Å²) in [5.74, 6) is 1.44. The standard InChI is InChI=1S/2C23H24F4N4/c2*1-15-2-3-16-12-18(24)13-20-22(16)31(15)21(28-20)14-29-8-10-30(11-9-29)19-6-4-17(5-7-19)23(25,26)27/h2*4-7,12-13,15H,2-3,8-11,14H2,1H3. The van der Waals surface area contributed by atoms with Gasteiger partial charge < -0.3 is 18.9 Å². The van der Waals surface area contributed by atoms with Crippen molar-refractivity contribution < 1.29 is 35.1 Å². The van der Waals surface area contributed by atoms with Gasteiger partial charge in [-0.05, 0) is 111 Å². The molecule has 2 unspecified atom stereocenters. The van der Waals surface area contributed by atoms with Crippen LogP contribution in [0.2, 0.25) is 0 Å². The van der Waals surface area contributed by atoms with Gasteiger partial charge in [-0.2, -0.15) is 26.3 Å². The second-order valence-electron chi connectivity index (χ2n) is 17.1. The Morgan fingerprint density at radius 3 is 1.21 bits per heavy atom. The molecule has 16 heteroatoms. The van der Waals surface area contributed by atoms with Crippen LogP contribution < -0.4 is 9.80 Å². The SMILES string of the molecule is CC1CCc2cc(F)cc3nc(CN4CCN(c5ccc(C(F)(F)F)cc5)CC4)n1c23.CC1CCc2cc(F)cc3nc(CN4CCN(c5ccc(C(F)(F)F)cc5)CC4)n1c23. The number of aryl methyl sites for hydroxylation is 2. The van der Waals surface area contributed by atoms with E-state index in [-0.39, 0.29) is 11.6 Å². The number of nitrogens with zero attached hydrogens (tertiary/aromatic N) is 8. The first-order valence-corrected chi connectivity index (χ1v) is 21.3. The van der Waals surface area contributed by atoms with Gasteiger partial charge in [-0.25, -0.2) is 18.7 Å². The van der Waals surface area contributed by atoms with Crippen LogP contribution in [-0.2, 0) is 38.3 Å². The van der Waals surface area contributed by atoms with Gasteiger partial charge in [0, 0.05) is 87.9 Å². The smallest absolute Gasteiger partial charge is 0.369 e. The van der Waals surface area contributed by atoms with E-state index in [1.165, 1.54) is 12.1 Å². The Balaban J connectivity index is 0.000000158. The highest BCUT2D eigenvalue weighted by atomic mass is 19.4. The summed E-state index contributed by atoms with van der Waals surface area (Å²) in [7, 11) is 0. The fourth-order valence-corrected chi connectivity index (χ4v) is 9.64. The fourth-order valence-electron chi connectivity index (χ4n) is 9.64. The maximum atomic E-state index is 14.0. The Labute approximate surface area is 354 Å².